The Hall–Kier alpha value is -3.08. The molecule has 1 amide bonds. The second-order valence-corrected chi connectivity index (χ2v) is 5.92. The minimum absolute atomic E-state index is 0.151. The molecule has 0 radical (unpaired) electrons. The Labute approximate surface area is 154 Å². The Morgan fingerprint density at radius 3 is 2.69 bits per heavy atom. The van der Waals surface area contributed by atoms with Gasteiger partial charge in [-0.3, -0.25) is 4.79 Å². The Morgan fingerprint density at radius 1 is 1.19 bits per heavy atom. The molecule has 0 aliphatic heterocycles. The number of carbonyl (C=O) groups excluding carboxylic acids is 1. The fraction of sp³-hybridized carbons (Fsp3) is 0.238. The van der Waals surface area contributed by atoms with Gasteiger partial charge in [0.05, 0.1) is 13.3 Å². The number of nitrogens with zero attached hydrogens (tertiary/aromatic N) is 1. The van der Waals surface area contributed by atoms with Crippen LogP contribution in [0.2, 0.25) is 0 Å². The molecule has 26 heavy (non-hydrogen) atoms. The summed E-state index contributed by atoms with van der Waals surface area (Å²) in [6.45, 7) is 7.60. The molecule has 2 aromatic carbocycles. The van der Waals surface area contributed by atoms with Gasteiger partial charge in [0.25, 0.3) is 5.91 Å². The lowest BCUT2D eigenvalue weighted by Gasteiger charge is -2.11. The lowest BCUT2D eigenvalue weighted by molar-refractivity contribution is -0.123. The number of rotatable bonds is 8. The first-order chi connectivity index (χ1) is 12.5. The molecule has 0 aromatic heterocycles. The fourth-order valence-electron chi connectivity index (χ4n) is 2.44. The highest BCUT2D eigenvalue weighted by molar-refractivity contribution is 5.84. The molecule has 0 bridgehead atoms. The summed E-state index contributed by atoms with van der Waals surface area (Å²) < 4.78 is 10.8. The quantitative estimate of drug-likeness (QED) is 0.449. The molecule has 0 aliphatic carbocycles. The molecule has 0 saturated carbocycles. The van der Waals surface area contributed by atoms with E-state index in [2.05, 4.69) is 23.2 Å². The number of methoxy groups -OCH3 is 1. The maximum absolute atomic E-state index is 11.9. The summed E-state index contributed by atoms with van der Waals surface area (Å²) >= 11 is 0. The predicted molar refractivity (Wildman–Crippen MR) is 104 cm³/mol. The first-order valence-corrected chi connectivity index (χ1v) is 8.33. The smallest absolute Gasteiger partial charge is 0.277 e. The summed E-state index contributed by atoms with van der Waals surface area (Å²) in [5, 5.41) is 3.98. The van der Waals surface area contributed by atoms with Crippen molar-refractivity contribution in [3.05, 3.63) is 71.3 Å². The summed E-state index contributed by atoms with van der Waals surface area (Å²) in [5.41, 5.74) is 6.77. The molecule has 0 atom stereocenters. The maximum Gasteiger partial charge on any atom is 0.277 e. The summed E-state index contributed by atoms with van der Waals surface area (Å²) in [6, 6.07) is 11.6. The van der Waals surface area contributed by atoms with Crippen molar-refractivity contribution in [2.75, 3.05) is 13.7 Å². The zero-order valence-corrected chi connectivity index (χ0v) is 15.4. The van der Waals surface area contributed by atoms with Gasteiger partial charge in [-0.1, -0.05) is 35.9 Å². The van der Waals surface area contributed by atoms with E-state index in [4.69, 9.17) is 9.47 Å². The van der Waals surface area contributed by atoms with Crippen molar-refractivity contribution in [2.24, 2.45) is 5.10 Å². The molecule has 5 heteroatoms. The van der Waals surface area contributed by atoms with Crippen LogP contribution in [0.4, 0.5) is 0 Å². The number of hydrogen-bond acceptors (Lipinski definition) is 4. The van der Waals surface area contributed by atoms with E-state index in [1.54, 1.807) is 19.4 Å². The second kappa shape index (κ2) is 9.42. The number of nitrogens with one attached hydrogen (secondary N) is 1. The summed E-state index contributed by atoms with van der Waals surface area (Å²) in [4.78, 5) is 11.9. The topological polar surface area (TPSA) is 59.9 Å². The summed E-state index contributed by atoms with van der Waals surface area (Å²) in [7, 11) is 1.56. The summed E-state index contributed by atoms with van der Waals surface area (Å²) in [6.07, 6.45) is 4.18. The highest BCUT2D eigenvalue weighted by Crippen LogP contribution is 2.28. The van der Waals surface area contributed by atoms with Crippen LogP contribution in [-0.4, -0.2) is 25.8 Å². The molecule has 2 rings (SSSR count). The zero-order valence-electron chi connectivity index (χ0n) is 15.4. The van der Waals surface area contributed by atoms with Crippen molar-refractivity contribution in [3.8, 4) is 11.5 Å². The van der Waals surface area contributed by atoms with E-state index in [1.807, 2.05) is 44.2 Å². The average molecular weight is 352 g/mol. The molecular weight excluding hydrogens is 328 g/mol. The number of amides is 1. The number of aryl methyl sites for hydroxylation is 2. The van der Waals surface area contributed by atoms with Crippen molar-refractivity contribution in [1.29, 1.82) is 0 Å². The number of carbonyl (C=O) groups is 1. The fourth-order valence-corrected chi connectivity index (χ4v) is 2.44. The SMILES string of the molecule is C=CCc1ccc(OCC(=O)NN=Cc2ccc(C)cc2C)c(OC)c1. The number of ether oxygens (including phenoxy) is 2. The van der Waals surface area contributed by atoms with E-state index >= 15 is 0 Å². The predicted octanol–water partition coefficient (Wildman–Crippen LogP) is 3.57. The van der Waals surface area contributed by atoms with Crippen LogP contribution in [0.15, 0.2) is 54.2 Å². The number of hydrazone groups is 1. The molecule has 0 aliphatic rings. The van der Waals surface area contributed by atoms with E-state index in [9.17, 15) is 4.79 Å². The minimum Gasteiger partial charge on any atom is -0.493 e. The molecule has 2 aromatic rings. The third-order valence-corrected chi connectivity index (χ3v) is 3.79. The van der Waals surface area contributed by atoms with E-state index in [1.165, 1.54) is 5.56 Å². The molecule has 0 spiro atoms. The maximum atomic E-state index is 11.9. The average Bonchev–Trinajstić information content (AvgIpc) is 2.62. The Morgan fingerprint density at radius 2 is 2.00 bits per heavy atom. The van der Waals surface area contributed by atoms with E-state index in [-0.39, 0.29) is 12.5 Å². The van der Waals surface area contributed by atoms with Crippen LogP contribution in [0.25, 0.3) is 0 Å². The molecule has 0 saturated heterocycles. The van der Waals surface area contributed by atoms with Gasteiger partial charge in [0.15, 0.2) is 18.1 Å². The lowest BCUT2D eigenvalue weighted by Crippen LogP contribution is -2.24. The third-order valence-electron chi connectivity index (χ3n) is 3.79. The molecule has 5 nitrogen and oxygen atoms in total. The monoisotopic (exact) mass is 352 g/mol. The van der Waals surface area contributed by atoms with Crippen LogP contribution in [-0.2, 0) is 11.2 Å². The van der Waals surface area contributed by atoms with Crippen molar-refractivity contribution in [2.45, 2.75) is 20.3 Å². The molecule has 0 fully saturated rings. The van der Waals surface area contributed by atoms with Crippen LogP contribution in [0.1, 0.15) is 22.3 Å². The van der Waals surface area contributed by atoms with Gasteiger partial charge in [-0.05, 0) is 49.1 Å². The molecule has 136 valence electrons. The van der Waals surface area contributed by atoms with Crippen LogP contribution >= 0.6 is 0 Å². The van der Waals surface area contributed by atoms with Crippen LogP contribution < -0.4 is 14.9 Å². The van der Waals surface area contributed by atoms with Crippen molar-refractivity contribution in [1.82, 2.24) is 5.43 Å². The van der Waals surface area contributed by atoms with Gasteiger partial charge >= 0.3 is 0 Å². The lowest BCUT2D eigenvalue weighted by atomic mass is 10.1. The molecule has 1 N–H and O–H groups in total. The number of allylic oxidation sites excluding steroid dienone is 1. The van der Waals surface area contributed by atoms with E-state index < -0.39 is 0 Å². The van der Waals surface area contributed by atoms with Crippen LogP contribution in [0, 0.1) is 13.8 Å². The highest BCUT2D eigenvalue weighted by atomic mass is 16.5. The summed E-state index contributed by atoms with van der Waals surface area (Å²) in [5.74, 6) is 0.744. The number of benzene rings is 2. The van der Waals surface area contributed by atoms with E-state index in [0.29, 0.717) is 11.5 Å². The number of hydrogen-bond donors (Lipinski definition) is 1. The Bertz CT molecular complexity index is 813. The molecular formula is C21H24N2O3. The van der Waals surface area contributed by atoms with Gasteiger partial charge in [0.2, 0.25) is 0 Å². The van der Waals surface area contributed by atoms with Gasteiger partial charge < -0.3 is 9.47 Å². The van der Waals surface area contributed by atoms with Crippen LogP contribution in [0.3, 0.4) is 0 Å². The normalized spacial score (nSPS) is 10.6. The first-order valence-electron chi connectivity index (χ1n) is 8.33. The first kappa shape index (κ1) is 19.2. The molecule has 0 heterocycles. The minimum atomic E-state index is -0.344. The third kappa shape index (κ3) is 5.48. The largest absolute Gasteiger partial charge is 0.493 e. The van der Waals surface area contributed by atoms with Gasteiger partial charge in [0.1, 0.15) is 0 Å². The van der Waals surface area contributed by atoms with Gasteiger partial charge in [-0.2, -0.15) is 5.10 Å². The second-order valence-electron chi connectivity index (χ2n) is 5.92. The van der Waals surface area contributed by atoms with Gasteiger partial charge in [0, 0.05) is 0 Å². The zero-order chi connectivity index (χ0) is 18.9. The van der Waals surface area contributed by atoms with Gasteiger partial charge in [-0.15, -0.1) is 6.58 Å². The van der Waals surface area contributed by atoms with Gasteiger partial charge in [-0.25, -0.2) is 5.43 Å². The van der Waals surface area contributed by atoms with Crippen molar-refractivity contribution >= 4 is 12.1 Å². The molecule has 0 unspecified atom stereocenters. The Balaban J connectivity index is 1.90. The Kier molecular flexibility index (Phi) is 6.97. The van der Waals surface area contributed by atoms with Crippen molar-refractivity contribution in [3.63, 3.8) is 0 Å². The standard InChI is InChI=1S/C21H24N2O3/c1-5-6-17-8-10-19(20(12-17)25-4)26-14-21(24)23-22-13-18-9-7-15(2)11-16(18)3/h5,7-13H,1,6,14H2,2-4H3,(H,23,24). The van der Waals surface area contributed by atoms with Crippen molar-refractivity contribution < 1.29 is 14.3 Å². The van der Waals surface area contributed by atoms with Crippen LogP contribution in [0.5, 0.6) is 11.5 Å². The van der Waals surface area contributed by atoms with E-state index in [0.717, 1.165) is 23.1 Å². The highest BCUT2D eigenvalue weighted by Gasteiger charge is 2.08.